The molecule has 0 amide bonds. The maximum absolute atomic E-state index is 12.8. The molecule has 4 heteroatoms. The molecule has 1 saturated carbocycles. The summed E-state index contributed by atoms with van der Waals surface area (Å²) in [6.07, 6.45) is 5.54. The highest BCUT2D eigenvalue weighted by Gasteiger charge is 2.57. The highest BCUT2D eigenvalue weighted by atomic mass is 35.5. The number of halogens is 1. The SMILES string of the molecule is O=C1CCCC(=O)C12Cc1ccc(Cl)cc1N1CCCC[C@@H]12. The molecular weight excluding hydrogens is 298 g/mol. The number of hydrogen-bond donors (Lipinski definition) is 0. The van der Waals surface area contributed by atoms with Gasteiger partial charge < -0.3 is 4.90 Å². The van der Waals surface area contributed by atoms with E-state index in [9.17, 15) is 9.59 Å². The third kappa shape index (κ3) is 1.88. The largest absolute Gasteiger partial charge is 0.367 e. The van der Waals surface area contributed by atoms with Crippen LogP contribution in [-0.4, -0.2) is 24.2 Å². The average molecular weight is 318 g/mol. The molecule has 0 unspecified atom stereocenters. The molecule has 1 spiro atoms. The molecule has 3 nitrogen and oxygen atoms in total. The zero-order chi connectivity index (χ0) is 15.3. The minimum Gasteiger partial charge on any atom is -0.367 e. The Kier molecular flexibility index (Phi) is 3.30. The summed E-state index contributed by atoms with van der Waals surface area (Å²) in [4.78, 5) is 28.0. The van der Waals surface area contributed by atoms with Crippen molar-refractivity contribution in [3.05, 3.63) is 28.8 Å². The van der Waals surface area contributed by atoms with Crippen molar-refractivity contribution in [2.24, 2.45) is 5.41 Å². The Morgan fingerprint density at radius 3 is 2.64 bits per heavy atom. The van der Waals surface area contributed by atoms with Gasteiger partial charge in [0.15, 0.2) is 0 Å². The Hall–Kier alpha value is -1.35. The topological polar surface area (TPSA) is 37.4 Å². The van der Waals surface area contributed by atoms with Crippen LogP contribution >= 0.6 is 11.6 Å². The molecule has 22 heavy (non-hydrogen) atoms. The summed E-state index contributed by atoms with van der Waals surface area (Å²) in [6, 6.07) is 5.91. The summed E-state index contributed by atoms with van der Waals surface area (Å²) in [5.74, 6) is 0.336. The van der Waals surface area contributed by atoms with E-state index < -0.39 is 5.41 Å². The van der Waals surface area contributed by atoms with E-state index in [1.807, 2.05) is 18.2 Å². The van der Waals surface area contributed by atoms with Gasteiger partial charge in [0.25, 0.3) is 0 Å². The van der Waals surface area contributed by atoms with E-state index in [1.54, 1.807) is 0 Å². The lowest BCUT2D eigenvalue weighted by atomic mass is 9.60. The first-order chi connectivity index (χ1) is 10.6. The summed E-state index contributed by atoms with van der Waals surface area (Å²) < 4.78 is 0. The van der Waals surface area contributed by atoms with Gasteiger partial charge in [0.05, 0.1) is 0 Å². The highest BCUT2D eigenvalue weighted by molar-refractivity contribution is 6.31. The van der Waals surface area contributed by atoms with Gasteiger partial charge in [0.1, 0.15) is 17.0 Å². The number of hydrogen-bond acceptors (Lipinski definition) is 3. The molecule has 1 aliphatic carbocycles. The predicted octanol–water partition coefficient (Wildman–Crippen LogP) is 3.56. The summed E-state index contributed by atoms with van der Waals surface area (Å²) >= 11 is 6.18. The van der Waals surface area contributed by atoms with Crippen molar-refractivity contribution in [2.45, 2.75) is 51.0 Å². The monoisotopic (exact) mass is 317 g/mol. The van der Waals surface area contributed by atoms with E-state index in [0.717, 1.165) is 48.5 Å². The Balaban J connectivity index is 1.89. The smallest absolute Gasteiger partial charge is 0.148 e. The number of ketones is 2. The number of rotatable bonds is 0. The van der Waals surface area contributed by atoms with Gasteiger partial charge >= 0.3 is 0 Å². The molecule has 0 aromatic heterocycles. The van der Waals surface area contributed by atoms with Crippen LogP contribution in [0.5, 0.6) is 0 Å². The lowest BCUT2D eigenvalue weighted by Crippen LogP contribution is -2.62. The van der Waals surface area contributed by atoms with E-state index in [2.05, 4.69) is 4.90 Å². The molecular formula is C18H20ClNO2. The number of nitrogens with zero attached hydrogens (tertiary/aromatic N) is 1. The Morgan fingerprint density at radius 1 is 1.09 bits per heavy atom. The van der Waals surface area contributed by atoms with Crippen LogP contribution in [-0.2, 0) is 16.0 Å². The van der Waals surface area contributed by atoms with E-state index in [-0.39, 0.29) is 17.6 Å². The van der Waals surface area contributed by atoms with Gasteiger partial charge in [-0.3, -0.25) is 9.59 Å². The first kappa shape index (κ1) is 14.3. The Labute approximate surface area is 135 Å². The minimum absolute atomic E-state index is 0.0347. The first-order valence-electron chi connectivity index (χ1n) is 8.24. The minimum atomic E-state index is -0.792. The fourth-order valence-electron chi connectivity index (χ4n) is 4.68. The van der Waals surface area contributed by atoms with Crippen LogP contribution in [0.15, 0.2) is 18.2 Å². The third-order valence-corrected chi connectivity index (χ3v) is 5.94. The lowest BCUT2D eigenvalue weighted by Gasteiger charge is -2.53. The molecule has 0 bridgehead atoms. The van der Waals surface area contributed by atoms with E-state index >= 15 is 0 Å². The number of carbonyl (C=O) groups excluding carboxylic acids is 2. The molecule has 2 aliphatic heterocycles. The Bertz CT molecular complexity index is 638. The summed E-state index contributed by atoms with van der Waals surface area (Å²) in [6.45, 7) is 0.917. The van der Waals surface area contributed by atoms with Crippen molar-refractivity contribution in [1.29, 1.82) is 0 Å². The maximum Gasteiger partial charge on any atom is 0.148 e. The standard InChI is InChI=1S/C18H20ClNO2/c19-13-8-7-12-11-18(16(21)5-3-6-17(18)22)15-4-1-2-9-20(15)14(12)10-13/h7-8,10,15H,1-6,9,11H2/t15-/m1/s1. The molecule has 116 valence electrons. The predicted molar refractivity (Wildman–Crippen MR) is 86.4 cm³/mol. The summed E-state index contributed by atoms with van der Waals surface area (Å²) in [5, 5.41) is 0.723. The fraction of sp³-hybridized carbons (Fsp3) is 0.556. The number of Topliss-reactive ketones (excluding diaryl/α,β-unsaturated/α-hetero) is 2. The lowest BCUT2D eigenvalue weighted by molar-refractivity contribution is -0.146. The quantitative estimate of drug-likeness (QED) is 0.687. The van der Waals surface area contributed by atoms with Crippen LogP contribution < -0.4 is 4.90 Å². The normalized spacial score (nSPS) is 26.8. The molecule has 2 heterocycles. The van der Waals surface area contributed by atoms with E-state index in [4.69, 9.17) is 11.6 Å². The zero-order valence-electron chi connectivity index (χ0n) is 12.6. The van der Waals surface area contributed by atoms with Crippen molar-refractivity contribution < 1.29 is 9.59 Å². The van der Waals surface area contributed by atoms with Crippen molar-refractivity contribution in [3.63, 3.8) is 0 Å². The van der Waals surface area contributed by atoms with Crippen molar-refractivity contribution in [3.8, 4) is 0 Å². The Morgan fingerprint density at radius 2 is 1.86 bits per heavy atom. The second-order valence-electron chi connectivity index (χ2n) is 6.83. The van der Waals surface area contributed by atoms with Crippen LogP contribution in [0, 0.1) is 5.41 Å². The van der Waals surface area contributed by atoms with Gasteiger partial charge in [-0.1, -0.05) is 17.7 Å². The van der Waals surface area contributed by atoms with Gasteiger partial charge in [-0.2, -0.15) is 0 Å². The highest BCUT2D eigenvalue weighted by Crippen LogP contribution is 2.49. The summed E-state index contributed by atoms with van der Waals surface area (Å²) in [7, 11) is 0. The first-order valence-corrected chi connectivity index (χ1v) is 8.62. The van der Waals surface area contributed by atoms with Crippen LogP contribution in [0.25, 0.3) is 0 Å². The van der Waals surface area contributed by atoms with Crippen LogP contribution in [0.2, 0.25) is 5.02 Å². The van der Waals surface area contributed by atoms with Gasteiger partial charge in [0, 0.05) is 36.1 Å². The molecule has 1 saturated heterocycles. The maximum atomic E-state index is 12.8. The zero-order valence-corrected chi connectivity index (χ0v) is 13.4. The second-order valence-corrected chi connectivity index (χ2v) is 7.26. The van der Waals surface area contributed by atoms with Crippen LogP contribution in [0.3, 0.4) is 0 Å². The van der Waals surface area contributed by atoms with Crippen molar-refractivity contribution in [1.82, 2.24) is 0 Å². The van der Waals surface area contributed by atoms with Gasteiger partial charge in [0.2, 0.25) is 0 Å². The van der Waals surface area contributed by atoms with Gasteiger partial charge in [-0.25, -0.2) is 0 Å². The molecule has 1 atom stereocenters. The van der Waals surface area contributed by atoms with Gasteiger partial charge in [-0.15, -0.1) is 0 Å². The van der Waals surface area contributed by atoms with E-state index in [0.29, 0.717) is 19.3 Å². The molecule has 4 rings (SSSR count). The number of piperidine rings is 1. The number of carbonyl (C=O) groups is 2. The van der Waals surface area contributed by atoms with Crippen LogP contribution in [0.4, 0.5) is 5.69 Å². The second kappa shape index (κ2) is 5.09. The van der Waals surface area contributed by atoms with E-state index in [1.165, 1.54) is 0 Å². The molecule has 0 radical (unpaired) electrons. The molecule has 2 fully saturated rings. The molecule has 0 N–H and O–H groups in total. The molecule has 1 aromatic carbocycles. The van der Waals surface area contributed by atoms with Gasteiger partial charge in [-0.05, 0) is 49.8 Å². The number of benzene rings is 1. The molecule has 1 aromatic rings. The average Bonchev–Trinajstić information content (AvgIpc) is 2.53. The van der Waals surface area contributed by atoms with Crippen LogP contribution in [0.1, 0.15) is 44.1 Å². The number of anilines is 1. The summed E-state index contributed by atoms with van der Waals surface area (Å²) in [5.41, 5.74) is 1.44. The fourth-order valence-corrected chi connectivity index (χ4v) is 4.85. The van der Waals surface area contributed by atoms with Crippen molar-refractivity contribution >= 4 is 28.9 Å². The van der Waals surface area contributed by atoms with Crippen molar-refractivity contribution in [2.75, 3.05) is 11.4 Å². The molecule has 3 aliphatic rings. The third-order valence-electron chi connectivity index (χ3n) is 5.70. The number of fused-ring (bicyclic) bond motifs is 4.